The zero-order valence-electron chi connectivity index (χ0n) is 9.85. The van der Waals surface area contributed by atoms with Crippen LogP contribution in [0.2, 0.25) is 0 Å². The quantitative estimate of drug-likeness (QED) is 0.843. The highest BCUT2D eigenvalue weighted by atomic mass is 19.3. The van der Waals surface area contributed by atoms with Crippen LogP contribution in [0, 0.1) is 11.8 Å². The van der Waals surface area contributed by atoms with Crippen molar-refractivity contribution in [3.8, 4) is 5.75 Å². The van der Waals surface area contributed by atoms with Crippen molar-refractivity contribution < 1.29 is 18.6 Å². The first kappa shape index (κ1) is 13.2. The molecule has 1 aromatic heterocycles. The average molecular weight is 258 g/mol. The van der Waals surface area contributed by atoms with E-state index in [4.69, 9.17) is 9.84 Å². The molecule has 4 nitrogen and oxygen atoms in total. The van der Waals surface area contributed by atoms with Gasteiger partial charge in [-0.25, -0.2) is 8.78 Å². The van der Waals surface area contributed by atoms with Crippen molar-refractivity contribution in [3.05, 3.63) is 24.5 Å². The minimum absolute atomic E-state index is 0.0950. The Morgan fingerprint density at radius 3 is 2.89 bits per heavy atom. The molecule has 100 valence electrons. The standard InChI is InChI=1S/C12H16F2N2O2/c13-12(14)9(7-17)4-16-5-10(12)8-18-11-2-1-3-15-6-11/h1-3,6,9-10,16-17H,4-5,7-8H2. The van der Waals surface area contributed by atoms with Crippen molar-refractivity contribution >= 4 is 0 Å². The fourth-order valence-electron chi connectivity index (χ4n) is 2.02. The third kappa shape index (κ3) is 2.76. The molecule has 6 heteroatoms. The summed E-state index contributed by atoms with van der Waals surface area (Å²) in [6.07, 6.45) is 3.07. The molecule has 2 heterocycles. The third-order valence-corrected chi connectivity index (χ3v) is 3.18. The lowest BCUT2D eigenvalue weighted by atomic mass is 9.87. The van der Waals surface area contributed by atoms with Gasteiger partial charge in [-0.2, -0.15) is 0 Å². The lowest BCUT2D eigenvalue weighted by Crippen LogP contribution is -2.54. The van der Waals surface area contributed by atoms with Gasteiger partial charge in [0, 0.05) is 19.3 Å². The molecule has 2 atom stereocenters. The maximum absolute atomic E-state index is 13.9. The molecular weight excluding hydrogens is 242 g/mol. The molecule has 1 aliphatic rings. The van der Waals surface area contributed by atoms with E-state index in [0.29, 0.717) is 5.75 Å². The number of aromatic nitrogens is 1. The molecule has 18 heavy (non-hydrogen) atoms. The Hall–Kier alpha value is -1.27. The SMILES string of the molecule is OCC1CNCC(COc2cccnc2)C1(F)F. The van der Waals surface area contributed by atoms with Gasteiger partial charge in [-0.1, -0.05) is 0 Å². The van der Waals surface area contributed by atoms with Gasteiger partial charge >= 0.3 is 0 Å². The van der Waals surface area contributed by atoms with Crippen molar-refractivity contribution in [1.82, 2.24) is 10.3 Å². The van der Waals surface area contributed by atoms with Crippen LogP contribution in [0.1, 0.15) is 0 Å². The summed E-state index contributed by atoms with van der Waals surface area (Å²) in [5.74, 6) is -4.43. The van der Waals surface area contributed by atoms with E-state index in [1.54, 1.807) is 18.3 Å². The Kier molecular flexibility index (Phi) is 4.08. The normalized spacial score (nSPS) is 26.8. The molecule has 0 aliphatic carbocycles. The highest BCUT2D eigenvalue weighted by molar-refractivity contribution is 5.15. The van der Waals surface area contributed by atoms with Gasteiger partial charge in [0.1, 0.15) is 5.75 Å². The Balaban J connectivity index is 1.96. The Morgan fingerprint density at radius 2 is 2.22 bits per heavy atom. The molecular formula is C12H16F2N2O2. The van der Waals surface area contributed by atoms with E-state index in [1.165, 1.54) is 6.20 Å². The van der Waals surface area contributed by atoms with Gasteiger partial charge in [-0.05, 0) is 12.1 Å². The molecule has 1 saturated heterocycles. The molecule has 2 unspecified atom stereocenters. The summed E-state index contributed by atoms with van der Waals surface area (Å²) >= 11 is 0. The van der Waals surface area contributed by atoms with Gasteiger partial charge in [0.05, 0.1) is 31.2 Å². The highest BCUT2D eigenvalue weighted by Crippen LogP contribution is 2.35. The Morgan fingerprint density at radius 1 is 1.44 bits per heavy atom. The summed E-state index contributed by atoms with van der Waals surface area (Å²) in [7, 11) is 0. The third-order valence-electron chi connectivity index (χ3n) is 3.18. The molecule has 0 aromatic carbocycles. The molecule has 0 spiro atoms. The fourth-order valence-corrected chi connectivity index (χ4v) is 2.02. The summed E-state index contributed by atoms with van der Waals surface area (Å²) < 4.78 is 33.2. The predicted octanol–water partition coefficient (Wildman–Crippen LogP) is 0.924. The molecule has 2 rings (SSSR count). The van der Waals surface area contributed by atoms with Gasteiger partial charge in [-0.3, -0.25) is 4.98 Å². The number of halogens is 2. The minimum Gasteiger partial charge on any atom is -0.491 e. The molecule has 0 radical (unpaired) electrons. The van der Waals surface area contributed by atoms with Gasteiger partial charge in [-0.15, -0.1) is 0 Å². The number of aliphatic hydroxyl groups is 1. The zero-order valence-corrected chi connectivity index (χ0v) is 9.85. The second-order valence-electron chi connectivity index (χ2n) is 4.41. The van der Waals surface area contributed by atoms with Crippen molar-refractivity contribution in [2.24, 2.45) is 11.8 Å². The summed E-state index contributed by atoms with van der Waals surface area (Å²) in [5.41, 5.74) is 0. The monoisotopic (exact) mass is 258 g/mol. The minimum atomic E-state index is -2.91. The van der Waals surface area contributed by atoms with Crippen molar-refractivity contribution in [2.45, 2.75) is 5.92 Å². The van der Waals surface area contributed by atoms with Crippen LogP contribution in [0.4, 0.5) is 8.78 Å². The smallest absolute Gasteiger partial charge is 0.261 e. The van der Waals surface area contributed by atoms with Crippen molar-refractivity contribution in [3.63, 3.8) is 0 Å². The van der Waals surface area contributed by atoms with Crippen molar-refractivity contribution in [1.29, 1.82) is 0 Å². The topological polar surface area (TPSA) is 54.4 Å². The number of hydrogen-bond acceptors (Lipinski definition) is 4. The van der Waals surface area contributed by atoms with Crippen LogP contribution >= 0.6 is 0 Å². The van der Waals surface area contributed by atoms with E-state index in [0.717, 1.165) is 0 Å². The lowest BCUT2D eigenvalue weighted by Gasteiger charge is -2.37. The maximum Gasteiger partial charge on any atom is 0.261 e. The van der Waals surface area contributed by atoms with Crippen LogP contribution in [0.15, 0.2) is 24.5 Å². The first-order chi connectivity index (χ1) is 8.64. The second kappa shape index (κ2) is 5.58. The van der Waals surface area contributed by atoms with Crippen molar-refractivity contribution in [2.75, 3.05) is 26.3 Å². The molecule has 0 saturated carbocycles. The van der Waals surface area contributed by atoms with E-state index in [2.05, 4.69) is 10.3 Å². The summed E-state index contributed by atoms with van der Waals surface area (Å²) in [4.78, 5) is 3.85. The molecule has 1 aromatic rings. The number of hydrogen-bond donors (Lipinski definition) is 2. The number of pyridine rings is 1. The van der Waals surface area contributed by atoms with Crippen LogP contribution in [0.3, 0.4) is 0 Å². The fraction of sp³-hybridized carbons (Fsp3) is 0.583. The first-order valence-corrected chi connectivity index (χ1v) is 5.86. The molecule has 0 amide bonds. The number of nitrogens with one attached hydrogen (secondary N) is 1. The van der Waals surface area contributed by atoms with Gasteiger partial charge < -0.3 is 15.2 Å². The van der Waals surface area contributed by atoms with Crippen LogP contribution < -0.4 is 10.1 Å². The summed E-state index contributed by atoms with van der Waals surface area (Å²) in [6.45, 7) is -0.303. The summed E-state index contributed by atoms with van der Waals surface area (Å²) in [5, 5.41) is 11.9. The molecule has 2 N–H and O–H groups in total. The number of nitrogens with zero attached hydrogens (tertiary/aromatic N) is 1. The van der Waals surface area contributed by atoms with Crippen LogP contribution in [-0.4, -0.2) is 42.3 Å². The van der Waals surface area contributed by atoms with E-state index in [9.17, 15) is 8.78 Å². The Labute approximate surface area is 104 Å². The number of rotatable bonds is 4. The van der Waals surface area contributed by atoms with E-state index >= 15 is 0 Å². The summed E-state index contributed by atoms with van der Waals surface area (Å²) in [6, 6.07) is 3.36. The van der Waals surface area contributed by atoms with Gasteiger partial charge in [0.2, 0.25) is 0 Å². The van der Waals surface area contributed by atoms with E-state index < -0.39 is 24.4 Å². The van der Waals surface area contributed by atoms with Gasteiger partial charge in [0.15, 0.2) is 0 Å². The van der Waals surface area contributed by atoms with Crippen LogP contribution in [0.5, 0.6) is 5.75 Å². The van der Waals surface area contributed by atoms with Crippen LogP contribution in [-0.2, 0) is 0 Å². The zero-order chi connectivity index (χ0) is 13.0. The molecule has 0 bridgehead atoms. The predicted molar refractivity (Wildman–Crippen MR) is 61.6 cm³/mol. The lowest BCUT2D eigenvalue weighted by molar-refractivity contribution is -0.144. The number of ether oxygens (including phenoxy) is 1. The maximum atomic E-state index is 13.9. The highest BCUT2D eigenvalue weighted by Gasteiger charge is 2.49. The molecule has 1 aliphatic heterocycles. The number of piperidine rings is 1. The Bertz CT molecular complexity index is 376. The van der Waals surface area contributed by atoms with E-state index in [1.807, 2.05) is 0 Å². The first-order valence-electron chi connectivity index (χ1n) is 5.86. The largest absolute Gasteiger partial charge is 0.491 e. The average Bonchev–Trinajstić information content (AvgIpc) is 2.38. The molecule has 1 fully saturated rings. The second-order valence-corrected chi connectivity index (χ2v) is 4.41. The van der Waals surface area contributed by atoms with Gasteiger partial charge in [0.25, 0.3) is 5.92 Å². The number of alkyl halides is 2. The number of aliphatic hydroxyl groups excluding tert-OH is 1. The van der Waals surface area contributed by atoms with Crippen LogP contribution in [0.25, 0.3) is 0 Å². The van der Waals surface area contributed by atoms with E-state index in [-0.39, 0.29) is 19.7 Å².